The van der Waals surface area contributed by atoms with E-state index in [0.29, 0.717) is 17.0 Å². The number of fused-ring (bicyclic) bond motifs is 1. The standard InChI is InChI=1S/C23H24F3N3O7S/c1-8-16-15(9(2)30)20(32)29(16)17(22(35)36)18(8)37-13-6-14(27-7-13)19(31)28-12-4-10(21(33)34)3-11(5-12)23(24,25)26/h3-5,8-9,13-16,27,30H,6-7H2,1-2H3,(H,28,31)(H,33,34)(H,35,36). The van der Waals surface area contributed by atoms with Gasteiger partial charge in [-0.1, -0.05) is 6.92 Å². The third-order valence-corrected chi connectivity index (χ3v) is 8.30. The molecule has 2 fully saturated rings. The maximum Gasteiger partial charge on any atom is 0.416 e. The van der Waals surface area contributed by atoms with Crippen LogP contribution >= 0.6 is 11.8 Å². The number of alkyl halides is 3. The molecule has 10 nitrogen and oxygen atoms in total. The fourth-order valence-corrected chi connectivity index (χ4v) is 6.55. The van der Waals surface area contributed by atoms with Crippen LogP contribution in [-0.2, 0) is 20.6 Å². The third kappa shape index (κ3) is 4.92. The van der Waals surface area contributed by atoms with Crippen molar-refractivity contribution in [2.45, 2.75) is 49.9 Å². The van der Waals surface area contributed by atoms with Gasteiger partial charge >= 0.3 is 18.1 Å². The zero-order chi connectivity index (χ0) is 27.4. The number of carbonyl (C=O) groups excluding carboxylic acids is 2. The molecule has 0 radical (unpaired) electrons. The van der Waals surface area contributed by atoms with Gasteiger partial charge in [0, 0.05) is 28.3 Å². The van der Waals surface area contributed by atoms with Crippen LogP contribution in [0.4, 0.5) is 18.9 Å². The Bertz CT molecular complexity index is 1200. The molecule has 1 aromatic rings. The van der Waals surface area contributed by atoms with Crippen LogP contribution in [0, 0.1) is 11.8 Å². The normalized spacial score (nSPS) is 28.1. The number of nitrogens with one attached hydrogen (secondary N) is 2. The molecule has 3 aliphatic heterocycles. The molecular weight excluding hydrogens is 519 g/mol. The molecule has 200 valence electrons. The first-order valence-electron chi connectivity index (χ1n) is 11.4. The molecule has 2 amide bonds. The van der Waals surface area contributed by atoms with Gasteiger partial charge in [0.05, 0.1) is 35.2 Å². The Hall–Kier alpha value is -3.10. The van der Waals surface area contributed by atoms with Gasteiger partial charge in [-0.3, -0.25) is 9.59 Å². The Balaban J connectivity index is 1.46. The van der Waals surface area contributed by atoms with E-state index >= 15 is 0 Å². The van der Waals surface area contributed by atoms with Crippen molar-refractivity contribution in [3.8, 4) is 0 Å². The van der Waals surface area contributed by atoms with Crippen molar-refractivity contribution in [2.24, 2.45) is 11.8 Å². The van der Waals surface area contributed by atoms with E-state index in [1.807, 2.05) is 0 Å². The monoisotopic (exact) mass is 543 g/mol. The summed E-state index contributed by atoms with van der Waals surface area (Å²) in [6, 6.07) is 0.759. The highest BCUT2D eigenvalue weighted by Crippen LogP contribution is 2.51. The average molecular weight is 544 g/mol. The van der Waals surface area contributed by atoms with Crippen molar-refractivity contribution in [3.63, 3.8) is 0 Å². The summed E-state index contributed by atoms with van der Waals surface area (Å²) in [5.74, 6) is -5.02. The Labute approximate surface area is 212 Å². The van der Waals surface area contributed by atoms with Gasteiger partial charge in [0.1, 0.15) is 5.70 Å². The second kappa shape index (κ2) is 9.65. The van der Waals surface area contributed by atoms with Gasteiger partial charge in [0.2, 0.25) is 11.8 Å². The smallest absolute Gasteiger partial charge is 0.416 e. The lowest BCUT2D eigenvalue weighted by molar-refractivity contribution is -0.163. The maximum atomic E-state index is 13.2. The number of rotatable bonds is 7. The summed E-state index contributed by atoms with van der Waals surface area (Å²) >= 11 is 1.22. The number of nitrogens with zero attached hydrogens (tertiary/aromatic N) is 1. The van der Waals surface area contributed by atoms with E-state index in [0.717, 1.165) is 6.07 Å². The number of halogens is 3. The Kier molecular flexibility index (Phi) is 7.03. The van der Waals surface area contributed by atoms with Crippen LogP contribution in [0.3, 0.4) is 0 Å². The molecular formula is C23H24F3N3O7S. The topological polar surface area (TPSA) is 156 Å². The number of benzene rings is 1. The summed E-state index contributed by atoms with van der Waals surface area (Å²) in [6.45, 7) is 3.54. The zero-order valence-electron chi connectivity index (χ0n) is 19.6. The molecule has 0 aliphatic carbocycles. The zero-order valence-corrected chi connectivity index (χ0v) is 20.4. The second-order valence-electron chi connectivity index (χ2n) is 9.30. The molecule has 0 spiro atoms. The van der Waals surface area contributed by atoms with Crippen molar-refractivity contribution >= 4 is 41.2 Å². The molecule has 3 aliphatic rings. The number of thioether (sulfide) groups is 1. The van der Waals surface area contributed by atoms with Crippen molar-refractivity contribution in [3.05, 3.63) is 39.9 Å². The van der Waals surface area contributed by atoms with Gasteiger partial charge in [-0.25, -0.2) is 9.59 Å². The highest BCUT2D eigenvalue weighted by Gasteiger charge is 2.60. The Morgan fingerprint density at radius 3 is 2.43 bits per heavy atom. The highest BCUT2D eigenvalue weighted by atomic mass is 32.2. The number of anilines is 1. The quantitative estimate of drug-likeness (QED) is 0.325. The number of hydrogen-bond acceptors (Lipinski definition) is 7. The van der Waals surface area contributed by atoms with Crippen LogP contribution in [0.15, 0.2) is 28.8 Å². The van der Waals surface area contributed by atoms with Crippen LogP contribution in [0.2, 0.25) is 0 Å². The van der Waals surface area contributed by atoms with E-state index in [1.54, 1.807) is 6.92 Å². The lowest BCUT2D eigenvalue weighted by Gasteiger charge is -2.46. The first-order chi connectivity index (χ1) is 17.2. The molecule has 4 rings (SSSR count). The van der Waals surface area contributed by atoms with E-state index in [9.17, 15) is 42.6 Å². The summed E-state index contributed by atoms with van der Waals surface area (Å²) < 4.78 is 39.5. The molecule has 0 aromatic heterocycles. The minimum atomic E-state index is -4.81. The number of aromatic carboxylic acids is 1. The van der Waals surface area contributed by atoms with Crippen molar-refractivity contribution in [1.82, 2.24) is 10.2 Å². The Morgan fingerprint density at radius 1 is 1.19 bits per heavy atom. The number of carboxylic acids is 2. The summed E-state index contributed by atoms with van der Waals surface area (Å²) in [5, 5.41) is 33.8. The number of hydrogen-bond donors (Lipinski definition) is 5. The van der Waals surface area contributed by atoms with E-state index in [4.69, 9.17) is 5.11 Å². The number of β-lactam (4-membered cyclic amide) rings is 1. The van der Waals surface area contributed by atoms with E-state index in [-0.39, 0.29) is 35.5 Å². The van der Waals surface area contributed by atoms with Crippen LogP contribution in [-0.4, -0.2) is 74.0 Å². The molecule has 5 N–H and O–H groups in total. The predicted molar refractivity (Wildman–Crippen MR) is 124 cm³/mol. The molecule has 0 saturated carbocycles. The van der Waals surface area contributed by atoms with Gasteiger partial charge in [-0.15, -0.1) is 11.8 Å². The van der Waals surface area contributed by atoms with Gasteiger partial charge in [0.15, 0.2) is 0 Å². The second-order valence-corrected chi connectivity index (χ2v) is 10.6. The number of aliphatic hydroxyl groups excluding tert-OH is 1. The number of aliphatic hydroxyl groups is 1. The van der Waals surface area contributed by atoms with Gasteiger partial charge in [0.25, 0.3) is 0 Å². The van der Waals surface area contributed by atoms with Crippen LogP contribution in [0.25, 0.3) is 0 Å². The maximum absolute atomic E-state index is 13.2. The predicted octanol–water partition coefficient (Wildman–Crippen LogP) is 1.96. The molecule has 6 unspecified atom stereocenters. The van der Waals surface area contributed by atoms with Crippen LogP contribution in [0.5, 0.6) is 0 Å². The lowest BCUT2D eigenvalue weighted by atomic mass is 9.79. The SMILES string of the molecule is CC(O)C1C(=O)N2C(C(=O)O)=C(SC3CNC(C(=O)Nc4cc(C(=O)O)cc(C(F)(F)F)c4)C3)C(C)C12. The van der Waals surface area contributed by atoms with E-state index in [2.05, 4.69) is 10.6 Å². The van der Waals surface area contributed by atoms with E-state index in [1.165, 1.54) is 23.6 Å². The molecule has 1 aromatic carbocycles. The number of amides is 2. The molecule has 37 heavy (non-hydrogen) atoms. The largest absolute Gasteiger partial charge is 0.478 e. The van der Waals surface area contributed by atoms with Gasteiger partial charge < -0.3 is 30.9 Å². The lowest BCUT2D eigenvalue weighted by Crippen LogP contribution is -2.63. The molecule has 3 heterocycles. The number of aliphatic carboxylic acids is 1. The first-order valence-corrected chi connectivity index (χ1v) is 12.2. The van der Waals surface area contributed by atoms with Crippen molar-refractivity contribution in [1.29, 1.82) is 0 Å². The fourth-order valence-electron chi connectivity index (χ4n) is 5.07. The van der Waals surface area contributed by atoms with Gasteiger partial charge in [-0.2, -0.15) is 13.2 Å². The highest BCUT2D eigenvalue weighted by molar-refractivity contribution is 8.03. The van der Waals surface area contributed by atoms with Gasteiger partial charge in [-0.05, 0) is 31.5 Å². The summed E-state index contributed by atoms with van der Waals surface area (Å²) in [4.78, 5) is 50.1. The molecule has 14 heteroatoms. The van der Waals surface area contributed by atoms with Crippen LogP contribution in [0.1, 0.15) is 36.2 Å². The van der Waals surface area contributed by atoms with Crippen LogP contribution < -0.4 is 10.6 Å². The third-order valence-electron chi connectivity index (χ3n) is 6.79. The number of carboxylic acid groups (broad SMARTS) is 2. The molecule has 2 saturated heterocycles. The van der Waals surface area contributed by atoms with Crippen molar-refractivity contribution < 1.29 is 47.7 Å². The molecule has 6 atom stereocenters. The molecule has 0 bridgehead atoms. The average Bonchev–Trinajstić information content (AvgIpc) is 3.35. The summed E-state index contributed by atoms with van der Waals surface area (Å²) in [5.41, 5.74) is -2.30. The minimum Gasteiger partial charge on any atom is -0.478 e. The fraction of sp³-hybridized carbons (Fsp3) is 0.478. The minimum absolute atomic E-state index is 0.137. The Morgan fingerprint density at radius 2 is 1.86 bits per heavy atom. The summed E-state index contributed by atoms with van der Waals surface area (Å²) in [6.07, 6.45) is -5.53. The number of carbonyl (C=O) groups is 4. The van der Waals surface area contributed by atoms with Crippen molar-refractivity contribution in [2.75, 3.05) is 11.9 Å². The van der Waals surface area contributed by atoms with E-state index < -0.39 is 65.2 Å². The summed E-state index contributed by atoms with van der Waals surface area (Å²) in [7, 11) is 0. The first kappa shape index (κ1) is 26.9.